The molecule has 1 aliphatic rings. The van der Waals surface area contributed by atoms with Gasteiger partial charge in [0.15, 0.2) is 5.76 Å². The van der Waals surface area contributed by atoms with Crippen LogP contribution in [-0.2, 0) is 16.0 Å². The summed E-state index contributed by atoms with van der Waals surface area (Å²) in [6.45, 7) is 2.39. The van der Waals surface area contributed by atoms with E-state index in [2.05, 4.69) is 5.32 Å². The van der Waals surface area contributed by atoms with Gasteiger partial charge in [-0.25, -0.2) is 0 Å². The second-order valence-corrected chi connectivity index (χ2v) is 3.75. The van der Waals surface area contributed by atoms with E-state index in [0.717, 1.165) is 0 Å². The molecule has 3 N–H and O–H groups in total. The maximum atomic E-state index is 11.7. The maximum Gasteiger partial charge on any atom is 0.287 e. The molecule has 1 aromatic rings. The lowest BCUT2D eigenvalue weighted by atomic mass is 10.3. The van der Waals surface area contributed by atoms with Gasteiger partial charge in [0.05, 0.1) is 32.5 Å². The van der Waals surface area contributed by atoms with E-state index in [-0.39, 0.29) is 24.3 Å². The molecule has 6 nitrogen and oxygen atoms in total. The van der Waals surface area contributed by atoms with E-state index >= 15 is 0 Å². The zero-order valence-electron chi connectivity index (χ0n) is 9.48. The summed E-state index contributed by atoms with van der Waals surface area (Å²) in [6.07, 6.45) is -0.0864. The second kappa shape index (κ2) is 5.81. The summed E-state index contributed by atoms with van der Waals surface area (Å²) < 4.78 is 15.9. The Balaban J connectivity index is 1.80. The molecule has 0 spiro atoms. The number of hydrogen-bond acceptors (Lipinski definition) is 5. The number of nitrogens with two attached hydrogens (primary N) is 1. The molecule has 1 saturated heterocycles. The summed E-state index contributed by atoms with van der Waals surface area (Å²) in [7, 11) is 0. The van der Waals surface area contributed by atoms with Gasteiger partial charge in [-0.2, -0.15) is 0 Å². The number of carbonyl (C=O) groups is 1. The molecule has 0 saturated carbocycles. The summed E-state index contributed by atoms with van der Waals surface area (Å²) in [4.78, 5) is 11.7. The lowest BCUT2D eigenvalue weighted by Gasteiger charge is -2.22. The number of hydrogen-bond donors (Lipinski definition) is 2. The Morgan fingerprint density at radius 1 is 1.47 bits per heavy atom. The molecular formula is C11H16N2O4. The Labute approximate surface area is 99.1 Å². The van der Waals surface area contributed by atoms with E-state index in [1.54, 1.807) is 12.1 Å². The van der Waals surface area contributed by atoms with Crippen LogP contribution >= 0.6 is 0 Å². The molecule has 1 aromatic heterocycles. The van der Waals surface area contributed by atoms with Crippen LogP contribution < -0.4 is 11.1 Å². The van der Waals surface area contributed by atoms with Crippen LogP contribution in [0.15, 0.2) is 16.5 Å². The molecule has 1 aliphatic heterocycles. The van der Waals surface area contributed by atoms with Crippen molar-refractivity contribution in [2.45, 2.75) is 12.6 Å². The van der Waals surface area contributed by atoms with Gasteiger partial charge < -0.3 is 24.9 Å². The minimum Gasteiger partial charge on any atom is -0.455 e. The Hall–Kier alpha value is -1.37. The fourth-order valence-electron chi connectivity index (χ4n) is 1.56. The van der Waals surface area contributed by atoms with Gasteiger partial charge in [-0.05, 0) is 12.1 Å². The number of nitrogens with one attached hydrogen (secondary N) is 1. The van der Waals surface area contributed by atoms with E-state index in [0.29, 0.717) is 32.1 Å². The van der Waals surface area contributed by atoms with Crippen molar-refractivity contribution in [2.75, 3.05) is 26.4 Å². The molecule has 1 fully saturated rings. The van der Waals surface area contributed by atoms with Crippen molar-refractivity contribution in [3.05, 3.63) is 23.7 Å². The monoisotopic (exact) mass is 240 g/mol. The first-order valence-electron chi connectivity index (χ1n) is 5.56. The van der Waals surface area contributed by atoms with Gasteiger partial charge in [-0.3, -0.25) is 4.79 Å². The highest BCUT2D eigenvalue weighted by Crippen LogP contribution is 2.07. The highest BCUT2D eigenvalue weighted by Gasteiger charge is 2.17. The standard InChI is InChI=1S/C11H16N2O4/c12-5-8-1-2-10(17-8)11(14)13-6-9-7-15-3-4-16-9/h1-2,9H,3-7,12H2,(H,13,14). The van der Waals surface area contributed by atoms with Crippen LogP contribution in [0, 0.1) is 0 Å². The van der Waals surface area contributed by atoms with Crippen molar-refractivity contribution in [3.63, 3.8) is 0 Å². The zero-order valence-corrected chi connectivity index (χ0v) is 9.48. The highest BCUT2D eigenvalue weighted by molar-refractivity contribution is 5.91. The van der Waals surface area contributed by atoms with Crippen molar-refractivity contribution in [1.82, 2.24) is 5.32 Å². The fraction of sp³-hybridized carbons (Fsp3) is 0.545. The molecule has 0 radical (unpaired) electrons. The smallest absolute Gasteiger partial charge is 0.287 e. The minimum atomic E-state index is -0.265. The third-order valence-electron chi connectivity index (χ3n) is 2.46. The maximum absolute atomic E-state index is 11.7. The minimum absolute atomic E-state index is 0.0864. The quantitative estimate of drug-likeness (QED) is 0.766. The fourth-order valence-corrected chi connectivity index (χ4v) is 1.56. The second-order valence-electron chi connectivity index (χ2n) is 3.75. The zero-order chi connectivity index (χ0) is 12.1. The molecule has 6 heteroatoms. The van der Waals surface area contributed by atoms with Gasteiger partial charge in [0.1, 0.15) is 5.76 Å². The lowest BCUT2D eigenvalue weighted by molar-refractivity contribution is -0.0856. The van der Waals surface area contributed by atoms with Crippen LogP contribution in [0.25, 0.3) is 0 Å². The summed E-state index contributed by atoms with van der Waals surface area (Å²) in [5.74, 6) is 0.591. The molecule has 0 aromatic carbocycles. The molecule has 17 heavy (non-hydrogen) atoms. The number of carbonyl (C=O) groups excluding carboxylic acids is 1. The molecule has 0 aliphatic carbocycles. The van der Waals surface area contributed by atoms with Gasteiger partial charge in [-0.15, -0.1) is 0 Å². The molecule has 1 atom stereocenters. The van der Waals surface area contributed by atoms with E-state index < -0.39 is 0 Å². The van der Waals surface area contributed by atoms with Gasteiger partial charge in [0.25, 0.3) is 5.91 Å². The van der Waals surface area contributed by atoms with Crippen LogP contribution in [0.1, 0.15) is 16.3 Å². The third-order valence-corrected chi connectivity index (χ3v) is 2.46. The lowest BCUT2D eigenvalue weighted by Crippen LogP contribution is -2.39. The largest absolute Gasteiger partial charge is 0.455 e. The van der Waals surface area contributed by atoms with Crippen LogP contribution in [0.5, 0.6) is 0 Å². The van der Waals surface area contributed by atoms with Crippen molar-refractivity contribution in [2.24, 2.45) is 5.73 Å². The topological polar surface area (TPSA) is 86.7 Å². The molecular weight excluding hydrogens is 224 g/mol. The van der Waals surface area contributed by atoms with Crippen molar-refractivity contribution in [3.8, 4) is 0 Å². The summed E-state index contributed by atoms with van der Waals surface area (Å²) in [6, 6.07) is 3.30. The third kappa shape index (κ3) is 3.29. The number of rotatable bonds is 4. The van der Waals surface area contributed by atoms with Crippen LogP contribution in [0.2, 0.25) is 0 Å². The van der Waals surface area contributed by atoms with Crippen LogP contribution in [0.4, 0.5) is 0 Å². The van der Waals surface area contributed by atoms with Crippen molar-refractivity contribution < 1.29 is 18.7 Å². The Bertz CT molecular complexity index is 371. The normalized spacial score (nSPS) is 20.2. The van der Waals surface area contributed by atoms with Crippen LogP contribution in [0.3, 0.4) is 0 Å². The average Bonchev–Trinajstić information content (AvgIpc) is 2.86. The molecule has 0 bridgehead atoms. The van der Waals surface area contributed by atoms with E-state index in [9.17, 15) is 4.79 Å². The van der Waals surface area contributed by atoms with E-state index in [4.69, 9.17) is 19.6 Å². The van der Waals surface area contributed by atoms with Crippen molar-refractivity contribution in [1.29, 1.82) is 0 Å². The molecule has 1 unspecified atom stereocenters. The summed E-state index contributed by atoms with van der Waals surface area (Å²) in [5.41, 5.74) is 5.39. The van der Waals surface area contributed by atoms with Gasteiger partial charge in [0, 0.05) is 6.54 Å². The van der Waals surface area contributed by atoms with E-state index in [1.807, 2.05) is 0 Å². The SMILES string of the molecule is NCc1ccc(C(=O)NCC2COCCO2)o1. The molecule has 94 valence electrons. The van der Waals surface area contributed by atoms with Crippen molar-refractivity contribution >= 4 is 5.91 Å². The molecule has 2 rings (SSSR count). The summed E-state index contributed by atoms with van der Waals surface area (Å²) >= 11 is 0. The Morgan fingerprint density at radius 3 is 3.00 bits per heavy atom. The molecule has 1 amide bonds. The van der Waals surface area contributed by atoms with Gasteiger partial charge in [0.2, 0.25) is 0 Å². The van der Waals surface area contributed by atoms with E-state index in [1.165, 1.54) is 0 Å². The first-order valence-corrected chi connectivity index (χ1v) is 5.56. The summed E-state index contributed by atoms with van der Waals surface area (Å²) in [5, 5.41) is 2.73. The van der Waals surface area contributed by atoms with Gasteiger partial charge in [-0.1, -0.05) is 0 Å². The number of amides is 1. The number of furan rings is 1. The molecule has 2 heterocycles. The predicted octanol–water partition coefficient (Wildman–Crippen LogP) is -0.117. The number of ether oxygens (including phenoxy) is 2. The predicted molar refractivity (Wildman–Crippen MR) is 59.5 cm³/mol. The van der Waals surface area contributed by atoms with Crippen LogP contribution in [-0.4, -0.2) is 38.4 Å². The first kappa shape index (κ1) is 12.1. The Morgan fingerprint density at radius 2 is 2.35 bits per heavy atom. The van der Waals surface area contributed by atoms with Gasteiger partial charge >= 0.3 is 0 Å². The highest BCUT2D eigenvalue weighted by atomic mass is 16.6. The Kier molecular flexibility index (Phi) is 4.13. The first-order chi connectivity index (χ1) is 8.29. The average molecular weight is 240 g/mol.